The zero-order chi connectivity index (χ0) is 20.6. The summed E-state index contributed by atoms with van der Waals surface area (Å²) in [7, 11) is 3.51. The molecule has 1 aromatic rings. The summed E-state index contributed by atoms with van der Waals surface area (Å²) < 4.78 is 3.72. The van der Waals surface area contributed by atoms with Crippen molar-refractivity contribution in [2.45, 2.75) is 66.7 Å². The van der Waals surface area contributed by atoms with E-state index in [1.807, 2.05) is 25.6 Å². The maximum atomic E-state index is 12.2. The van der Waals surface area contributed by atoms with Crippen molar-refractivity contribution in [2.24, 2.45) is 25.9 Å². The van der Waals surface area contributed by atoms with Crippen molar-refractivity contribution in [1.29, 1.82) is 0 Å². The Hall–Kier alpha value is -1.01. The maximum Gasteiger partial charge on any atom is 0.328 e. The van der Waals surface area contributed by atoms with Gasteiger partial charge >= 0.3 is 5.69 Å². The second kappa shape index (κ2) is 11.7. The summed E-state index contributed by atoms with van der Waals surface area (Å²) in [5, 5.41) is 4.59. The van der Waals surface area contributed by atoms with Crippen LogP contribution in [0.5, 0.6) is 0 Å². The van der Waals surface area contributed by atoms with Crippen molar-refractivity contribution in [1.82, 2.24) is 9.13 Å². The Balaban J connectivity index is 2.86. The highest BCUT2D eigenvalue weighted by Crippen LogP contribution is 2.28. The monoisotopic (exact) mass is 411 g/mol. The Morgan fingerprint density at radius 3 is 2.44 bits per heavy atom. The first-order valence-electron chi connectivity index (χ1n) is 10.1. The lowest BCUT2D eigenvalue weighted by Gasteiger charge is -2.20. The first-order chi connectivity index (χ1) is 12.8. The molecule has 0 aliphatic heterocycles. The molecule has 4 nitrogen and oxygen atoms in total. The molecule has 0 spiro atoms. The van der Waals surface area contributed by atoms with Gasteiger partial charge in [0.05, 0.1) is 10.7 Å². The molecule has 0 bridgehead atoms. The Kier molecular flexibility index (Phi) is 10.5. The van der Waals surface area contributed by atoms with E-state index < -0.39 is 0 Å². The van der Waals surface area contributed by atoms with Gasteiger partial charge in [0.25, 0.3) is 0 Å². The molecule has 2 atom stereocenters. The van der Waals surface area contributed by atoms with Gasteiger partial charge in [-0.1, -0.05) is 58.3 Å². The van der Waals surface area contributed by atoms with Crippen molar-refractivity contribution >= 4 is 29.7 Å². The number of nitrogens with one attached hydrogen (secondary N) is 1. The third-order valence-electron chi connectivity index (χ3n) is 5.40. The van der Waals surface area contributed by atoms with Crippen LogP contribution in [0, 0.1) is 23.4 Å². The van der Waals surface area contributed by atoms with Crippen LogP contribution in [0.4, 0.5) is 5.69 Å². The highest BCUT2D eigenvalue weighted by molar-refractivity contribution is 8.03. The van der Waals surface area contributed by atoms with Gasteiger partial charge in [-0.3, -0.25) is 9.13 Å². The molecule has 0 radical (unpaired) electrons. The fourth-order valence-corrected chi connectivity index (χ4v) is 4.42. The summed E-state index contributed by atoms with van der Waals surface area (Å²) in [5.41, 5.74) is 1.62. The molecule has 1 rings (SSSR count). The molecular formula is C21H37N3OS2. The lowest BCUT2D eigenvalue weighted by molar-refractivity contribution is 0.408. The van der Waals surface area contributed by atoms with E-state index in [1.54, 1.807) is 18.7 Å². The van der Waals surface area contributed by atoms with Crippen LogP contribution in [-0.2, 0) is 14.1 Å². The minimum Gasteiger partial charge on any atom is -0.347 e. The molecule has 0 saturated carbocycles. The number of anilines is 1. The summed E-state index contributed by atoms with van der Waals surface area (Å²) in [4.78, 5) is 12.2. The molecule has 154 valence electrons. The van der Waals surface area contributed by atoms with Gasteiger partial charge in [0.2, 0.25) is 0 Å². The van der Waals surface area contributed by atoms with Crippen LogP contribution < -0.4 is 11.0 Å². The summed E-state index contributed by atoms with van der Waals surface area (Å²) in [6.45, 7) is 10.9. The van der Waals surface area contributed by atoms with Gasteiger partial charge in [0.1, 0.15) is 4.64 Å². The van der Waals surface area contributed by atoms with Gasteiger partial charge in [0, 0.05) is 25.5 Å². The van der Waals surface area contributed by atoms with E-state index in [0.29, 0.717) is 4.64 Å². The van der Waals surface area contributed by atoms with E-state index in [0.717, 1.165) is 34.0 Å². The second-order valence-corrected chi connectivity index (χ2v) is 8.95. The van der Waals surface area contributed by atoms with E-state index in [-0.39, 0.29) is 5.69 Å². The number of aromatic nitrogens is 2. The first-order valence-corrected chi connectivity index (χ1v) is 11.5. The van der Waals surface area contributed by atoms with Crippen molar-refractivity contribution in [3.8, 4) is 0 Å². The SMILES string of the molecule is C/C=C(\Nc1c(C)n(C)c(=O)n(C)c1=S)SCC(CCC)CCC(C)CC. The molecule has 0 aliphatic rings. The largest absolute Gasteiger partial charge is 0.347 e. The van der Waals surface area contributed by atoms with Crippen LogP contribution in [0.3, 0.4) is 0 Å². The zero-order valence-corrected chi connectivity index (χ0v) is 19.7. The van der Waals surface area contributed by atoms with Crippen LogP contribution in [0.2, 0.25) is 0 Å². The number of rotatable bonds is 11. The quantitative estimate of drug-likeness (QED) is 0.453. The van der Waals surface area contributed by atoms with Gasteiger partial charge < -0.3 is 5.32 Å². The molecule has 0 fully saturated rings. The number of hydrogen-bond donors (Lipinski definition) is 1. The van der Waals surface area contributed by atoms with E-state index in [1.165, 1.54) is 36.7 Å². The highest BCUT2D eigenvalue weighted by atomic mass is 32.2. The summed E-state index contributed by atoms with van der Waals surface area (Å²) >= 11 is 7.37. The lowest BCUT2D eigenvalue weighted by Crippen LogP contribution is -2.30. The number of allylic oxidation sites excluding steroid dienone is 1. The molecular weight excluding hydrogens is 374 g/mol. The third-order valence-corrected chi connectivity index (χ3v) is 7.17. The van der Waals surface area contributed by atoms with Crippen LogP contribution in [0.1, 0.15) is 65.5 Å². The van der Waals surface area contributed by atoms with Gasteiger partial charge in [0.15, 0.2) is 0 Å². The van der Waals surface area contributed by atoms with Crippen LogP contribution in [0.25, 0.3) is 0 Å². The van der Waals surface area contributed by atoms with Crippen molar-refractivity contribution in [2.75, 3.05) is 11.1 Å². The average molecular weight is 412 g/mol. The number of thioether (sulfide) groups is 1. The minimum absolute atomic E-state index is 0.0919. The first kappa shape index (κ1) is 24.0. The molecule has 27 heavy (non-hydrogen) atoms. The normalized spacial score (nSPS) is 14.3. The molecule has 0 saturated heterocycles. The topological polar surface area (TPSA) is 39.0 Å². The van der Waals surface area contributed by atoms with E-state index in [4.69, 9.17) is 12.2 Å². The number of hydrogen-bond acceptors (Lipinski definition) is 4. The molecule has 0 aliphatic carbocycles. The van der Waals surface area contributed by atoms with Crippen molar-refractivity contribution in [3.05, 3.63) is 31.9 Å². The average Bonchev–Trinajstić information content (AvgIpc) is 2.67. The van der Waals surface area contributed by atoms with Crippen LogP contribution in [-0.4, -0.2) is 14.9 Å². The Labute approximate surface area is 174 Å². The highest BCUT2D eigenvalue weighted by Gasteiger charge is 2.14. The maximum absolute atomic E-state index is 12.2. The van der Waals surface area contributed by atoms with Crippen molar-refractivity contribution < 1.29 is 0 Å². The molecule has 1 N–H and O–H groups in total. The molecule has 0 amide bonds. The van der Waals surface area contributed by atoms with Crippen LogP contribution in [0.15, 0.2) is 15.9 Å². The summed E-state index contributed by atoms with van der Waals surface area (Å²) in [5.74, 6) is 2.66. The second-order valence-electron chi connectivity index (χ2n) is 7.50. The van der Waals surface area contributed by atoms with Gasteiger partial charge in [-0.15, -0.1) is 11.8 Å². The van der Waals surface area contributed by atoms with E-state index >= 15 is 0 Å². The minimum atomic E-state index is -0.0919. The fraction of sp³-hybridized carbons (Fsp3) is 0.714. The lowest BCUT2D eigenvalue weighted by atomic mass is 9.94. The third kappa shape index (κ3) is 6.83. The van der Waals surface area contributed by atoms with E-state index in [9.17, 15) is 4.79 Å². The Morgan fingerprint density at radius 2 is 1.89 bits per heavy atom. The standard InChI is InChI=1S/C21H37N3OS2/c1-8-11-17(13-12-15(4)9-2)14-27-18(10-3)22-19-16(5)23(6)21(25)24(7)20(19)26/h10,15,17,22H,8-9,11-14H2,1-7H3/b18-10+. The summed E-state index contributed by atoms with van der Waals surface area (Å²) in [6.07, 6.45) is 8.48. The Bertz CT molecular complexity index is 749. The smallest absolute Gasteiger partial charge is 0.328 e. The van der Waals surface area contributed by atoms with Crippen LogP contribution >= 0.6 is 24.0 Å². The van der Waals surface area contributed by atoms with Gasteiger partial charge in [-0.05, 0) is 38.5 Å². The molecule has 6 heteroatoms. The zero-order valence-electron chi connectivity index (χ0n) is 18.1. The van der Waals surface area contributed by atoms with E-state index in [2.05, 4.69) is 32.2 Å². The Morgan fingerprint density at radius 1 is 1.22 bits per heavy atom. The molecule has 2 unspecified atom stereocenters. The summed E-state index contributed by atoms with van der Waals surface area (Å²) in [6, 6.07) is 0. The predicted molar refractivity (Wildman–Crippen MR) is 123 cm³/mol. The van der Waals surface area contributed by atoms with Gasteiger partial charge in [-0.2, -0.15) is 0 Å². The number of nitrogens with zero attached hydrogens (tertiary/aromatic N) is 2. The predicted octanol–water partition coefficient (Wildman–Crippen LogP) is 6.01. The van der Waals surface area contributed by atoms with Crippen molar-refractivity contribution in [3.63, 3.8) is 0 Å². The molecule has 1 heterocycles. The molecule has 1 aromatic heterocycles. The molecule has 0 aromatic carbocycles. The fourth-order valence-electron chi connectivity index (χ4n) is 3.06. The van der Waals surface area contributed by atoms with Gasteiger partial charge in [-0.25, -0.2) is 4.79 Å².